The van der Waals surface area contributed by atoms with Crippen LogP contribution in [0.4, 0.5) is 0 Å². The van der Waals surface area contributed by atoms with Crippen molar-refractivity contribution < 1.29 is 0 Å². The highest BCUT2D eigenvalue weighted by Crippen LogP contribution is 2.11. The molecule has 0 saturated carbocycles. The van der Waals surface area contributed by atoms with Gasteiger partial charge in [-0.15, -0.1) is 0 Å². The van der Waals surface area contributed by atoms with Crippen molar-refractivity contribution in [3.63, 3.8) is 0 Å². The zero-order valence-electron chi connectivity index (χ0n) is 8.59. The first-order valence-electron chi connectivity index (χ1n) is 5.02. The highest BCUT2D eigenvalue weighted by atomic mass is 14.5. The number of aryl methyl sites for hydroxylation is 1. The molecular weight excluding hydrogens is 158 g/mol. The average Bonchev–Trinajstić information content (AvgIpc) is 2.17. The van der Waals surface area contributed by atoms with E-state index in [2.05, 4.69) is 38.1 Å². The summed E-state index contributed by atoms with van der Waals surface area (Å²) in [5.41, 5.74) is 8.39. The maximum absolute atomic E-state index is 5.66. The van der Waals surface area contributed by atoms with Crippen molar-refractivity contribution in [2.24, 2.45) is 11.7 Å². The van der Waals surface area contributed by atoms with Crippen molar-refractivity contribution in [3.05, 3.63) is 35.4 Å². The molecule has 0 spiro atoms. The van der Waals surface area contributed by atoms with Gasteiger partial charge in [0, 0.05) is 0 Å². The largest absolute Gasteiger partial charge is 0.330 e. The summed E-state index contributed by atoms with van der Waals surface area (Å²) in [4.78, 5) is 0. The molecule has 13 heavy (non-hydrogen) atoms. The van der Waals surface area contributed by atoms with Crippen molar-refractivity contribution in [1.82, 2.24) is 0 Å². The normalized spacial score (nSPS) is 12.8. The zero-order chi connectivity index (χ0) is 9.68. The number of rotatable bonds is 4. The third-order valence-corrected chi connectivity index (χ3v) is 2.56. The van der Waals surface area contributed by atoms with Gasteiger partial charge in [-0.1, -0.05) is 43.2 Å². The van der Waals surface area contributed by atoms with Crippen LogP contribution in [0, 0.1) is 12.8 Å². The number of hydrogen-bond donors (Lipinski definition) is 1. The van der Waals surface area contributed by atoms with Crippen LogP contribution < -0.4 is 5.73 Å². The molecular formula is C12H19N. The lowest BCUT2D eigenvalue weighted by Gasteiger charge is -2.11. The molecule has 0 saturated heterocycles. The first-order valence-corrected chi connectivity index (χ1v) is 5.02. The monoisotopic (exact) mass is 177 g/mol. The Morgan fingerprint density at radius 2 is 1.85 bits per heavy atom. The maximum atomic E-state index is 5.66. The van der Waals surface area contributed by atoms with E-state index < -0.39 is 0 Å². The summed E-state index contributed by atoms with van der Waals surface area (Å²) in [6.07, 6.45) is 2.29. The van der Waals surface area contributed by atoms with E-state index in [0.29, 0.717) is 5.92 Å². The Hall–Kier alpha value is -0.820. The van der Waals surface area contributed by atoms with Gasteiger partial charge in [0.2, 0.25) is 0 Å². The number of nitrogens with two attached hydrogens (primary N) is 1. The van der Waals surface area contributed by atoms with Crippen LogP contribution in [0.2, 0.25) is 0 Å². The Labute approximate surface area is 81.0 Å². The fraction of sp³-hybridized carbons (Fsp3) is 0.500. The van der Waals surface area contributed by atoms with Crippen LogP contribution >= 0.6 is 0 Å². The van der Waals surface area contributed by atoms with Gasteiger partial charge in [0.25, 0.3) is 0 Å². The lowest BCUT2D eigenvalue weighted by atomic mass is 9.97. The topological polar surface area (TPSA) is 26.0 Å². The fourth-order valence-electron chi connectivity index (χ4n) is 1.45. The molecule has 0 aromatic heterocycles. The molecule has 0 heterocycles. The van der Waals surface area contributed by atoms with Crippen LogP contribution in [0.25, 0.3) is 0 Å². The average molecular weight is 177 g/mol. The molecule has 0 aliphatic carbocycles. The van der Waals surface area contributed by atoms with Crippen LogP contribution in [0.5, 0.6) is 0 Å². The highest BCUT2D eigenvalue weighted by molar-refractivity contribution is 5.21. The zero-order valence-corrected chi connectivity index (χ0v) is 8.59. The molecule has 1 aromatic rings. The summed E-state index contributed by atoms with van der Waals surface area (Å²) in [6, 6.07) is 8.73. The summed E-state index contributed by atoms with van der Waals surface area (Å²) < 4.78 is 0. The molecule has 1 atom stereocenters. The summed E-state index contributed by atoms with van der Waals surface area (Å²) in [5, 5.41) is 0. The molecule has 0 bridgehead atoms. The van der Waals surface area contributed by atoms with Gasteiger partial charge in [-0.05, 0) is 31.4 Å². The summed E-state index contributed by atoms with van der Waals surface area (Å²) in [5.74, 6) is 0.641. The van der Waals surface area contributed by atoms with Gasteiger partial charge in [0.05, 0.1) is 0 Å². The molecule has 0 amide bonds. The first-order chi connectivity index (χ1) is 6.26. The molecule has 72 valence electrons. The standard InChI is InChI=1S/C12H19N/c1-3-11(9-13)8-12-6-4-10(2)5-7-12/h4-7,11H,3,8-9,13H2,1-2H3. The van der Waals surface area contributed by atoms with Gasteiger partial charge in [0.15, 0.2) is 0 Å². The molecule has 2 N–H and O–H groups in total. The van der Waals surface area contributed by atoms with Gasteiger partial charge >= 0.3 is 0 Å². The molecule has 0 aliphatic rings. The SMILES string of the molecule is CCC(CN)Cc1ccc(C)cc1. The lowest BCUT2D eigenvalue weighted by molar-refractivity contribution is 0.519. The maximum Gasteiger partial charge on any atom is -0.00458 e. The number of benzene rings is 1. The van der Waals surface area contributed by atoms with Crippen LogP contribution in [0.15, 0.2) is 24.3 Å². The quantitative estimate of drug-likeness (QED) is 0.751. The van der Waals surface area contributed by atoms with E-state index in [1.807, 2.05) is 0 Å². The fourth-order valence-corrected chi connectivity index (χ4v) is 1.45. The van der Waals surface area contributed by atoms with Crippen LogP contribution in [0.3, 0.4) is 0 Å². The summed E-state index contributed by atoms with van der Waals surface area (Å²) in [6.45, 7) is 5.11. The minimum atomic E-state index is 0.641. The Kier molecular flexibility index (Phi) is 3.97. The van der Waals surface area contributed by atoms with Gasteiger partial charge in [-0.3, -0.25) is 0 Å². The van der Waals surface area contributed by atoms with Crippen molar-refractivity contribution in [3.8, 4) is 0 Å². The lowest BCUT2D eigenvalue weighted by Crippen LogP contribution is -2.15. The van der Waals surface area contributed by atoms with Crippen LogP contribution in [-0.4, -0.2) is 6.54 Å². The van der Waals surface area contributed by atoms with Gasteiger partial charge in [-0.25, -0.2) is 0 Å². The molecule has 1 heteroatoms. The van der Waals surface area contributed by atoms with Crippen molar-refractivity contribution in [2.45, 2.75) is 26.7 Å². The van der Waals surface area contributed by atoms with E-state index in [9.17, 15) is 0 Å². The minimum absolute atomic E-state index is 0.641. The van der Waals surface area contributed by atoms with Crippen LogP contribution in [-0.2, 0) is 6.42 Å². The second-order valence-electron chi connectivity index (χ2n) is 3.70. The molecule has 0 radical (unpaired) electrons. The first kappa shape index (κ1) is 10.3. The highest BCUT2D eigenvalue weighted by Gasteiger charge is 2.04. The molecule has 1 unspecified atom stereocenters. The minimum Gasteiger partial charge on any atom is -0.330 e. The molecule has 1 nitrogen and oxygen atoms in total. The van der Waals surface area contributed by atoms with Crippen molar-refractivity contribution in [2.75, 3.05) is 6.54 Å². The summed E-state index contributed by atoms with van der Waals surface area (Å²) in [7, 11) is 0. The number of hydrogen-bond acceptors (Lipinski definition) is 1. The second kappa shape index (κ2) is 5.03. The van der Waals surface area contributed by atoms with E-state index in [1.165, 1.54) is 17.5 Å². The Balaban J connectivity index is 2.58. The molecule has 1 rings (SSSR count). The third-order valence-electron chi connectivity index (χ3n) is 2.56. The van der Waals surface area contributed by atoms with E-state index in [1.54, 1.807) is 0 Å². The third kappa shape index (κ3) is 3.19. The smallest absolute Gasteiger partial charge is 0.00458 e. The Morgan fingerprint density at radius 1 is 1.23 bits per heavy atom. The van der Waals surface area contributed by atoms with E-state index in [-0.39, 0.29) is 0 Å². The molecule has 0 fully saturated rings. The molecule has 1 aromatic carbocycles. The van der Waals surface area contributed by atoms with Crippen LogP contribution in [0.1, 0.15) is 24.5 Å². The van der Waals surface area contributed by atoms with Gasteiger partial charge < -0.3 is 5.73 Å². The molecule has 0 aliphatic heterocycles. The van der Waals surface area contributed by atoms with Gasteiger partial charge in [-0.2, -0.15) is 0 Å². The van der Waals surface area contributed by atoms with Crippen molar-refractivity contribution >= 4 is 0 Å². The van der Waals surface area contributed by atoms with E-state index in [0.717, 1.165) is 13.0 Å². The predicted molar refractivity (Wildman–Crippen MR) is 57.7 cm³/mol. The van der Waals surface area contributed by atoms with Crippen molar-refractivity contribution in [1.29, 1.82) is 0 Å². The predicted octanol–water partition coefficient (Wildman–Crippen LogP) is 2.52. The van der Waals surface area contributed by atoms with Gasteiger partial charge in [0.1, 0.15) is 0 Å². The second-order valence-corrected chi connectivity index (χ2v) is 3.70. The van der Waals surface area contributed by atoms with E-state index in [4.69, 9.17) is 5.73 Å². The Morgan fingerprint density at radius 3 is 2.31 bits per heavy atom. The summed E-state index contributed by atoms with van der Waals surface area (Å²) >= 11 is 0. The van der Waals surface area contributed by atoms with E-state index >= 15 is 0 Å². The Bertz CT molecular complexity index is 234.